The largest absolute Gasteiger partial charge is 0.392 e. The first-order valence-corrected chi connectivity index (χ1v) is 6.12. The predicted octanol–water partition coefficient (Wildman–Crippen LogP) is 1.55. The molecule has 1 fully saturated rings. The molecular formula is C12H25NO2. The summed E-state index contributed by atoms with van der Waals surface area (Å²) in [6, 6.07) is 0. The van der Waals surface area contributed by atoms with Crippen LogP contribution in [-0.4, -0.2) is 36.5 Å². The molecule has 0 aliphatic carbocycles. The first-order valence-electron chi connectivity index (χ1n) is 6.12. The second kappa shape index (κ2) is 6.46. The highest BCUT2D eigenvalue weighted by atomic mass is 16.5. The maximum atomic E-state index is 9.64. The van der Waals surface area contributed by atoms with Crippen LogP contribution in [0.15, 0.2) is 0 Å². The minimum absolute atomic E-state index is 0.219. The Hall–Kier alpha value is -0.120. The molecule has 0 saturated carbocycles. The van der Waals surface area contributed by atoms with Crippen LogP contribution in [0.25, 0.3) is 0 Å². The van der Waals surface area contributed by atoms with Gasteiger partial charge in [0.2, 0.25) is 0 Å². The topological polar surface area (TPSA) is 41.5 Å². The number of aliphatic hydroxyl groups excluding tert-OH is 1. The Labute approximate surface area is 93.2 Å². The highest BCUT2D eigenvalue weighted by Crippen LogP contribution is 2.18. The van der Waals surface area contributed by atoms with E-state index in [1.807, 2.05) is 0 Å². The first-order chi connectivity index (χ1) is 7.08. The van der Waals surface area contributed by atoms with Gasteiger partial charge in [-0.1, -0.05) is 13.8 Å². The Morgan fingerprint density at radius 1 is 1.40 bits per heavy atom. The molecule has 1 aliphatic rings. The monoisotopic (exact) mass is 215 g/mol. The Bertz CT molecular complexity index is 173. The van der Waals surface area contributed by atoms with E-state index < -0.39 is 0 Å². The molecule has 15 heavy (non-hydrogen) atoms. The van der Waals surface area contributed by atoms with Crippen molar-refractivity contribution >= 4 is 0 Å². The number of ether oxygens (including phenoxy) is 1. The van der Waals surface area contributed by atoms with E-state index in [0.717, 1.165) is 19.4 Å². The molecule has 2 N–H and O–H groups in total. The van der Waals surface area contributed by atoms with Gasteiger partial charge in [0.15, 0.2) is 0 Å². The number of aliphatic hydroxyl groups is 1. The van der Waals surface area contributed by atoms with Gasteiger partial charge in [0.1, 0.15) is 0 Å². The van der Waals surface area contributed by atoms with Crippen LogP contribution in [0, 0.1) is 5.92 Å². The lowest BCUT2D eigenvalue weighted by atomic mass is 10.1. The summed E-state index contributed by atoms with van der Waals surface area (Å²) in [7, 11) is 0. The van der Waals surface area contributed by atoms with Crippen molar-refractivity contribution in [2.45, 2.75) is 58.3 Å². The minimum Gasteiger partial charge on any atom is -0.392 e. The highest BCUT2D eigenvalue weighted by Gasteiger charge is 2.21. The molecule has 0 amide bonds. The normalized spacial score (nSPS) is 28.6. The van der Waals surface area contributed by atoms with Crippen LogP contribution in [0.5, 0.6) is 0 Å². The van der Waals surface area contributed by atoms with Crippen LogP contribution in [0.4, 0.5) is 0 Å². The van der Waals surface area contributed by atoms with Crippen molar-refractivity contribution in [2.24, 2.45) is 5.92 Å². The zero-order valence-corrected chi connectivity index (χ0v) is 10.2. The van der Waals surface area contributed by atoms with Crippen molar-refractivity contribution < 1.29 is 9.84 Å². The zero-order chi connectivity index (χ0) is 11.3. The lowest BCUT2D eigenvalue weighted by Crippen LogP contribution is -2.33. The number of hydrogen-bond acceptors (Lipinski definition) is 3. The zero-order valence-electron chi connectivity index (χ0n) is 10.2. The summed E-state index contributed by atoms with van der Waals surface area (Å²) in [6.45, 7) is 7.94. The van der Waals surface area contributed by atoms with Gasteiger partial charge in [-0.2, -0.15) is 0 Å². The van der Waals surface area contributed by atoms with E-state index in [-0.39, 0.29) is 6.10 Å². The van der Waals surface area contributed by atoms with Crippen molar-refractivity contribution in [3.63, 3.8) is 0 Å². The van der Waals surface area contributed by atoms with Crippen LogP contribution in [0.3, 0.4) is 0 Å². The molecule has 0 aromatic carbocycles. The molecule has 1 rings (SSSR count). The van der Waals surface area contributed by atoms with Crippen LogP contribution in [0.2, 0.25) is 0 Å². The molecule has 90 valence electrons. The van der Waals surface area contributed by atoms with E-state index in [2.05, 4.69) is 26.1 Å². The smallest absolute Gasteiger partial charge is 0.0704 e. The van der Waals surface area contributed by atoms with Gasteiger partial charge in [-0.25, -0.2) is 0 Å². The fourth-order valence-electron chi connectivity index (χ4n) is 2.07. The molecule has 0 aromatic rings. The van der Waals surface area contributed by atoms with Gasteiger partial charge in [0, 0.05) is 13.1 Å². The van der Waals surface area contributed by atoms with E-state index in [9.17, 15) is 5.11 Å². The molecule has 3 atom stereocenters. The maximum Gasteiger partial charge on any atom is 0.0704 e. The van der Waals surface area contributed by atoms with E-state index in [0.29, 0.717) is 24.7 Å². The summed E-state index contributed by atoms with van der Waals surface area (Å²) in [4.78, 5) is 0. The van der Waals surface area contributed by atoms with Crippen molar-refractivity contribution in [3.05, 3.63) is 0 Å². The van der Waals surface area contributed by atoms with E-state index in [1.165, 1.54) is 6.42 Å². The molecule has 0 spiro atoms. The highest BCUT2D eigenvalue weighted by molar-refractivity contribution is 4.73. The minimum atomic E-state index is -0.219. The van der Waals surface area contributed by atoms with Gasteiger partial charge < -0.3 is 15.2 Å². The van der Waals surface area contributed by atoms with Crippen molar-refractivity contribution in [2.75, 3.05) is 13.1 Å². The third kappa shape index (κ3) is 5.50. The molecule has 3 heteroatoms. The molecule has 1 aliphatic heterocycles. The Balaban J connectivity index is 2.01. The number of nitrogens with one attached hydrogen (secondary N) is 1. The van der Waals surface area contributed by atoms with E-state index in [4.69, 9.17) is 4.74 Å². The van der Waals surface area contributed by atoms with Crippen molar-refractivity contribution in [3.8, 4) is 0 Å². The number of rotatable bonds is 6. The quantitative estimate of drug-likeness (QED) is 0.706. The van der Waals surface area contributed by atoms with Gasteiger partial charge in [-0.3, -0.25) is 0 Å². The summed E-state index contributed by atoms with van der Waals surface area (Å²) in [6.07, 6.45) is 3.73. The van der Waals surface area contributed by atoms with E-state index >= 15 is 0 Å². The fourth-order valence-corrected chi connectivity index (χ4v) is 2.07. The van der Waals surface area contributed by atoms with Gasteiger partial charge in [0.05, 0.1) is 18.3 Å². The average Bonchev–Trinajstić information content (AvgIpc) is 2.50. The molecule has 1 saturated heterocycles. The molecule has 0 aromatic heterocycles. The fraction of sp³-hybridized carbons (Fsp3) is 1.00. The third-order valence-corrected chi connectivity index (χ3v) is 2.82. The average molecular weight is 215 g/mol. The van der Waals surface area contributed by atoms with Gasteiger partial charge in [0.25, 0.3) is 0 Å². The van der Waals surface area contributed by atoms with Crippen molar-refractivity contribution in [1.29, 1.82) is 0 Å². The Kier molecular flexibility index (Phi) is 5.58. The predicted molar refractivity (Wildman–Crippen MR) is 61.9 cm³/mol. The van der Waals surface area contributed by atoms with Crippen LogP contribution in [0.1, 0.15) is 40.0 Å². The maximum absolute atomic E-state index is 9.64. The Morgan fingerprint density at radius 3 is 2.67 bits per heavy atom. The second-order valence-corrected chi connectivity index (χ2v) is 5.09. The molecule has 3 nitrogen and oxygen atoms in total. The van der Waals surface area contributed by atoms with E-state index in [1.54, 1.807) is 0 Å². The van der Waals surface area contributed by atoms with Gasteiger partial charge >= 0.3 is 0 Å². The first kappa shape index (κ1) is 12.9. The summed E-state index contributed by atoms with van der Waals surface area (Å²) in [5.41, 5.74) is 0. The Morgan fingerprint density at radius 2 is 2.13 bits per heavy atom. The summed E-state index contributed by atoms with van der Waals surface area (Å²) in [5.74, 6) is 0.560. The lowest BCUT2D eigenvalue weighted by molar-refractivity contribution is 0.0529. The molecule has 3 unspecified atom stereocenters. The standard InChI is InChI=1S/C12H25NO2/c1-9(2)6-11(14)7-13-8-12-5-4-10(3)15-12/h9-14H,4-8H2,1-3H3. The van der Waals surface area contributed by atoms with Crippen LogP contribution >= 0.6 is 0 Å². The molecule has 0 radical (unpaired) electrons. The number of hydrogen-bond donors (Lipinski definition) is 2. The van der Waals surface area contributed by atoms with Crippen LogP contribution in [-0.2, 0) is 4.74 Å². The summed E-state index contributed by atoms with van der Waals surface area (Å²) < 4.78 is 5.68. The van der Waals surface area contributed by atoms with Gasteiger partial charge in [-0.15, -0.1) is 0 Å². The van der Waals surface area contributed by atoms with Gasteiger partial charge in [-0.05, 0) is 32.1 Å². The van der Waals surface area contributed by atoms with Crippen molar-refractivity contribution in [1.82, 2.24) is 5.32 Å². The van der Waals surface area contributed by atoms with Crippen LogP contribution < -0.4 is 5.32 Å². The second-order valence-electron chi connectivity index (χ2n) is 5.09. The molecule has 0 bridgehead atoms. The SMILES string of the molecule is CC(C)CC(O)CNCC1CCC(C)O1. The third-order valence-electron chi connectivity index (χ3n) is 2.82. The summed E-state index contributed by atoms with van der Waals surface area (Å²) in [5, 5.41) is 12.9. The molecular weight excluding hydrogens is 190 g/mol. The summed E-state index contributed by atoms with van der Waals surface area (Å²) >= 11 is 0. The lowest BCUT2D eigenvalue weighted by Gasteiger charge is -2.16. The molecule has 1 heterocycles.